The molecule has 0 heterocycles. The topological polar surface area (TPSA) is 77.0 Å². The summed E-state index contributed by atoms with van der Waals surface area (Å²) >= 11 is 5.75. The number of sulfonamides is 1. The van der Waals surface area contributed by atoms with Crippen LogP contribution >= 0.6 is 11.6 Å². The maximum absolute atomic E-state index is 12.1. The highest BCUT2D eigenvalue weighted by atomic mass is 35.5. The SMILES string of the molecule is CCOc1c(/C=N/NS(=O)(=O)c2ccc(Cl)cc2)cccc1OC. The van der Waals surface area contributed by atoms with Crippen LogP contribution in [0, 0.1) is 0 Å². The van der Waals surface area contributed by atoms with E-state index in [9.17, 15) is 8.42 Å². The van der Waals surface area contributed by atoms with Crippen LogP contribution in [0.1, 0.15) is 12.5 Å². The Morgan fingerprint density at radius 2 is 1.92 bits per heavy atom. The van der Waals surface area contributed by atoms with Crippen LogP contribution in [0.4, 0.5) is 0 Å². The Morgan fingerprint density at radius 3 is 2.54 bits per heavy atom. The van der Waals surface area contributed by atoms with Gasteiger partial charge in [-0.25, -0.2) is 4.83 Å². The van der Waals surface area contributed by atoms with Gasteiger partial charge >= 0.3 is 0 Å². The molecule has 0 aromatic heterocycles. The van der Waals surface area contributed by atoms with Crippen molar-refractivity contribution in [3.05, 3.63) is 53.1 Å². The van der Waals surface area contributed by atoms with Crippen molar-refractivity contribution in [1.82, 2.24) is 4.83 Å². The number of methoxy groups -OCH3 is 1. The molecule has 24 heavy (non-hydrogen) atoms. The summed E-state index contributed by atoms with van der Waals surface area (Å²) in [5, 5.41) is 4.25. The van der Waals surface area contributed by atoms with E-state index in [1.165, 1.54) is 37.6 Å². The van der Waals surface area contributed by atoms with Gasteiger partial charge < -0.3 is 9.47 Å². The minimum atomic E-state index is -3.77. The summed E-state index contributed by atoms with van der Waals surface area (Å²) in [5.41, 5.74) is 0.593. The van der Waals surface area contributed by atoms with Gasteiger partial charge in [-0.15, -0.1) is 0 Å². The molecule has 0 radical (unpaired) electrons. The summed E-state index contributed by atoms with van der Waals surface area (Å²) in [7, 11) is -2.24. The molecule has 0 fully saturated rings. The number of rotatable bonds is 7. The van der Waals surface area contributed by atoms with Gasteiger partial charge in [0.2, 0.25) is 0 Å². The molecule has 0 atom stereocenters. The summed E-state index contributed by atoms with van der Waals surface area (Å²) in [6.07, 6.45) is 1.36. The first-order chi connectivity index (χ1) is 11.5. The molecular weight excluding hydrogens is 352 g/mol. The van der Waals surface area contributed by atoms with Crippen molar-refractivity contribution in [2.75, 3.05) is 13.7 Å². The molecule has 1 N–H and O–H groups in total. The Morgan fingerprint density at radius 1 is 1.21 bits per heavy atom. The number of nitrogens with zero attached hydrogens (tertiary/aromatic N) is 1. The Balaban J connectivity index is 2.21. The second-order valence-electron chi connectivity index (χ2n) is 4.62. The minimum Gasteiger partial charge on any atom is -0.493 e. The number of benzene rings is 2. The van der Waals surface area contributed by atoms with Gasteiger partial charge in [-0.1, -0.05) is 17.7 Å². The van der Waals surface area contributed by atoms with Crippen LogP contribution < -0.4 is 14.3 Å². The highest BCUT2D eigenvalue weighted by Crippen LogP contribution is 2.29. The van der Waals surface area contributed by atoms with E-state index in [0.29, 0.717) is 28.7 Å². The molecule has 0 saturated heterocycles. The fourth-order valence-electron chi connectivity index (χ4n) is 1.93. The van der Waals surface area contributed by atoms with Crippen molar-refractivity contribution in [2.24, 2.45) is 5.10 Å². The lowest BCUT2D eigenvalue weighted by Crippen LogP contribution is -2.18. The molecule has 0 saturated carbocycles. The Hall–Kier alpha value is -2.25. The van der Waals surface area contributed by atoms with Gasteiger partial charge in [-0.05, 0) is 43.3 Å². The summed E-state index contributed by atoms with van der Waals surface area (Å²) in [6, 6.07) is 11.0. The number of hydrogen-bond acceptors (Lipinski definition) is 5. The molecule has 0 aliphatic rings. The van der Waals surface area contributed by atoms with E-state index in [1.54, 1.807) is 18.2 Å². The molecule has 2 rings (SSSR count). The van der Waals surface area contributed by atoms with Crippen LogP contribution in [-0.2, 0) is 10.0 Å². The van der Waals surface area contributed by atoms with E-state index < -0.39 is 10.0 Å². The quantitative estimate of drug-likeness (QED) is 0.602. The monoisotopic (exact) mass is 368 g/mol. The zero-order chi connectivity index (χ0) is 17.6. The van der Waals surface area contributed by atoms with Gasteiger partial charge in [0.05, 0.1) is 24.8 Å². The predicted molar refractivity (Wildman–Crippen MR) is 93.5 cm³/mol. The summed E-state index contributed by atoms with van der Waals surface area (Å²) in [5.74, 6) is 1.04. The maximum atomic E-state index is 12.1. The van der Waals surface area contributed by atoms with E-state index in [-0.39, 0.29) is 4.90 Å². The van der Waals surface area contributed by atoms with Crippen molar-refractivity contribution in [3.8, 4) is 11.5 Å². The minimum absolute atomic E-state index is 0.0692. The lowest BCUT2D eigenvalue weighted by atomic mass is 10.2. The van der Waals surface area contributed by atoms with Crippen molar-refractivity contribution < 1.29 is 17.9 Å². The van der Waals surface area contributed by atoms with Gasteiger partial charge in [-0.2, -0.15) is 13.5 Å². The molecule has 0 aliphatic carbocycles. The largest absolute Gasteiger partial charge is 0.493 e. The molecule has 8 heteroatoms. The Bertz CT molecular complexity index is 820. The molecular formula is C16H17ClN2O4S. The molecule has 0 amide bonds. The van der Waals surface area contributed by atoms with E-state index in [4.69, 9.17) is 21.1 Å². The molecule has 2 aromatic rings. The third-order valence-corrected chi connectivity index (χ3v) is 4.51. The van der Waals surface area contributed by atoms with Crippen molar-refractivity contribution in [3.63, 3.8) is 0 Å². The fraction of sp³-hybridized carbons (Fsp3) is 0.188. The average molecular weight is 369 g/mol. The molecule has 0 aliphatic heterocycles. The van der Waals surface area contributed by atoms with E-state index in [2.05, 4.69) is 9.93 Å². The zero-order valence-corrected chi connectivity index (χ0v) is 14.8. The number of halogens is 1. The number of hydrogen-bond donors (Lipinski definition) is 1. The standard InChI is InChI=1S/C16H17ClN2O4S/c1-3-23-16-12(5-4-6-15(16)22-2)11-18-19-24(20,21)14-9-7-13(17)8-10-14/h4-11,19H,3H2,1-2H3/b18-11+. The Labute approximate surface area is 146 Å². The maximum Gasteiger partial charge on any atom is 0.276 e. The van der Waals surface area contributed by atoms with Crippen LogP contribution in [0.25, 0.3) is 0 Å². The molecule has 128 valence electrons. The summed E-state index contributed by atoms with van der Waals surface area (Å²) in [4.78, 5) is 2.22. The van der Waals surface area contributed by atoms with Gasteiger partial charge in [0.1, 0.15) is 0 Å². The van der Waals surface area contributed by atoms with Crippen molar-refractivity contribution in [2.45, 2.75) is 11.8 Å². The highest BCUT2D eigenvalue weighted by Gasteiger charge is 2.13. The Kier molecular flexibility index (Phi) is 6.05. The second kappa shape index (κ2) is 8.03. The van der Waals surface area contributed by atoms with Crippen LogP contribution in [0.5, 0.6) is 11.5 Å². The van der Waals surface area contributed by atoms with Gasteiger partial charge in [0.15, 0.2) is 11.5 Å². The number of hydrazone groups is 1. The zero-order valence-electron chi connectivity index (χ0n) is 13.2. The van der Waals surface area contributed by atoms with Gasteiger partial charge in [0.25, 0.3) is 10.0 Å². The lowest BCUT2D eigenvalue weighted by molar-refractivity contribution is 0.310. The smallest absolute Gasteiger partial charge is 0.276 e. The molecule has 2 aromatic carbocycles. The molecule has 0 unspecified atom stereocenters. The van der Waals surface area contributed by atoms with Crippen molar-refractivity contribution in [1.29, 1.82) is 0 Å². The average Bonchev–Trinajstić information content (AvgIpc) is 2.56. The molecule has 0 bridgehead atoms. The van der Waals surface area contributed by atoms with E-state index in [0.717, 1.165) is 0 Å². The third kappa shape index (κ3) is 4.39. The van der Waals surface area contributed by atoms with Crippen LogP contribution in [0.3, 0.4) is 0 Å². The van der Waals surface area contributed by atoms with Crippen LogP contribution in [0.2, 0.25) is 5.02 Å². The number of ether oxygens (including phenoxy) is 2. The number of nitrogens with one attached hydrogen (secondary N) is 1. The van der Waals surface area contributed by atoms with Gasteiger partial charge in [0, 0.05) is 10.6 Å². The first kappa shape index (κ1) is 18.1. The van der Waals surface area contributed by atoms with Crippen LogP contribution in [-0.4, -0.2) is 28.3 Å². The molecule has 6 nitrogen and oxygen atoms in total. The lowest BCUT2D eigenvalue weighted by Gasteiger charge is -2.11. The molecule has 0 spiro atoms. The van der Waals surface area contributed by atoms with Gasteiger partial charge in [-0.3, -0.25) is 0 Å². The fourth-order valence-corrected chi connectivity index (χ4v) is 2.84. The van der Waals surface area contributed by atoms with E-state index in [1.807, 2.05) is 6.92 Å². The van der Waals surface area contributed by atoms with E-state index >= 15 is 0 Å². The second-order valence-corrected chi connectivity index (χ2v) is 6.72. The summed E-state index contributed by atoms with van der Waals surface area (Å²) < 4.78 is 35.0. The van der Waals surface area contributed by atoms with Crippen LogP contribution in [0.15, 0.2) is 52.5 Å². The first-order valence-corrected chi connectivity index (χ1v) is 8.94. The third-order valence-electron chi connectivity index (χ3n) is 3.02. The highest BCUT2D eigenvalue weighted by molar-refractivity contribution is 7.89. The number of para-hydroxylation sites is 1. The normalized spacial score (nSPS) is 11.5. The predicted octanol–water partition coefficient (Wildman–Crippen LogP) is 3.06. The summed E-state index contributed by atoms with van der Waals surface area (Å²) in [6.45, 7) is 2.29. The first-order valence-electron chi connectivity index (χ1n) is 7.08. The van der Waals surface area contributed by atoms with Crippen molar-refractivity contribution >= 4 is 27.8 Å².